The second-order valence-corrected chi connectivity index (χ2v) is 6.70. The molecule has 3 rings (SSSR count). The van der Waals surface area contributed by atoms with Gasteiger partial charge < -0.3 is 0 Å². The van der Waals surface area contributed by atoms with Gasteiger partial charge in [-0.05, 0) is 37.1 Å². The highest BCUT2D eigenvalue weighted by molar-refractivity contribution is 7.99. The van der Waals surface area contributed by atoms with Crippen LogP contribution in [0.25, 0.3) is 5.69 Å². The van der Waals surface area contributed by atoms with Gasteiger partial charge in [-0.25, -0.2) is 4.98 Å². The Bertz CT molecular complexity index is 738. The maximum Gasteiger partial charge on any atom is 0.229 e. The van der Waals surface area contributed by atoms with Gasteiger partial charge in [0, 0.05) is 43.2 Å². The first-order chi connectivity index (χ1) is 11.1. The van der Waals surface area contributed by atoms with E-state index in [2.05, 4.69) is 37.0 Å². The van der Waals surface area contributed by atoms with E-state index < -0.39 is 0 Å². The highest BCUT2D eigenvalue weighted by Gasteiger charge is 2.28. The number of aryl methyl sites for hydroxylation is 2. The number of imidazole rings is 1. The third-order valence-corrected chi connectivity index (χ3v) is 5.02. The molecule has 1 aromatic carbocycles. The van der Waals surface area contributed by atoms with Crippen molar-refractivity contribution in [1.29, 1.82) is 0 Å². The van der Waals surface area contributed by atoms with Crippen LogP contribution in [0.2, 0.25) is 0 Å². The van der Waals surface area contributed by atoms with Crippen molar-refractivity contribution in [3.8, 4) is 5.69 Å². The highest BCUT2D eigenvalue weighted by atomic mass is 32.2. The molecule has 5 nitrogen and oxygen atoms in total. The maximum absolute atomic E-state index is 11.6. The predicted octanol–water partition coefficient (Wildman–Crippen LogP) is 2.73. The van der Waals surface area contributed by atoms with Gasteiger partial charge in [0.2, 0.25) is 11.8 Å². The Morgan fingerprint density at radius 3 is 2.57 bits per heavy atom. The molecular weight excluding hydrogens is 310 g/mol. The molecule has 6 heteroatoms. The first-order valence-electron chi connectivity index (χ1n) is 7.63. The molecule has 0 spiro atoms. The smallest absolute Gasteiger partial charge is 0.229 e. The molecule has 1 saturated heterocycles. The zero-order valence-electron chi connectivity index (χ0n) is 13.3. The fourth-order valence-electron chi connectivity index (χ4n) is 2.57. The highest BCUT2D eigenvalue weighted by Crippen LogP contribution is 2.23. The summed E-state index contributed by atoms with van der Waals surface area (Å²) in [5.41, 5.74) is 3.57. The number of thioether (sulfide) groups is 1. The average Bonchev–Trinajstić information content (AvgIpc) is 3.11. The number of amides is 2. The van der Waals surface area contributed by atoms with Gasteiger partial charge in [0.25, 0.3) is 0 Å². The van der Waals surface area contributed by atoms with Gasteiger partial charge in [0.1, 0.15) is 0 Å². The van der Waals surface area contributed by atoms with Crippen LogP contribution in [-0.2, 0) is 9.59 Å². The minimum absolute atomic E-state index is 0.0619. The number of hydrogen-bond donors (Lipinski definition) is 0. The van der Waals surface area contributed by atoms with Crippen LogP contribution < -0.4 is 0 Å². The minimum Gasteiger partial charge on any atom is -0.295 e. The largest absolute Gasteiger partial charge is 0.295 e. The SMILES string of the molecule is Cc1ccc(-n2ccnc2SCCN2C(=O)CCC2=O)cc1C. The zero-order valence-corrected chi connectivity index (χ0v) is 14.1. The van der Waals surface area contributed by atoms with E-state index in [0.717, 1.165) is 10.8 Å². The molecule has 2 heterocycles. The Kier molecular flexibility index (Phi) is 4.52. The van der Waals surface area contributed by atoms with Gasteiger partial charge in [0.05, 0.1) is 0 Å². The third kappa shape index (κ3) is 3.32. The molecule has 23 heavy (non-hydrogen) atoms. The van der Waals surface area contributed by atoms with Gasteiger partial charge in [-0.2, -0.15) is 0 Å². The molecule has 1 fully saturated rings. The molecule has 0 radical (unpaired) electrons. The standard InChI is InChI=1S/C17H19N3O2S/c1-12-3-4-14(11-13(12)2)19-8-7-18-17(19)23-10-9-20-15(21)5-6-16(20)22/h3-4,7-8,11H,5-6,9-10H2,1-2H3. The molecule has 2 amide bonds. The van der Waals surface area contributed by atoms with Crippen molar-refractivity contribution in [3.63, 3.8) is 0 Å². The van der Waals surface area contributed by atoms with Crippen molar-refractivity contribution < 1.29 is 9.59 Å². The molecule has 0 aliphatic carbocycles. The average molecular weight is 329 g/mol. The lowest BCUT2D eigenvalue weighted by Gasteiger charge is -2.13. The third-order valence-electron chi connectivity index (χ3n) is 4.08. The number of aromatic nitrogens is 2. The Balaban J connectivity index is 1.68. The molecule has 0 bridgehead atoms. The lowest BCUT2D eigenvalue weighted by atomic mass is 10.1. The molecule has 2 aromatic rings. The van der Waals surface area contributed by atoms with E-state index in [-0.39, 0.29) is 11.8 Å². The summed E-state index contributed by atoms with van der Waals surface area (Å²) < 4.78 is 2.03. The number of rotatable bonds is 5. The first-order valence-corrected chi connectivity index (χ1v) is 8.62. The second kappa shape index (κ2) is 6.58. The summed E-state index contributed by atoms with van der Waals surface area (Å²) in [6.07, 6.45) is 4.39. The monoisotopic (exact) mass is 329 g/mol. The molecule has 1 aliphatic heterocycles. The Hall–Kier alpha value is -2.08. The number of carbonyl (C=O) groups is 2. The summed E-state index contributed by atoms with van der Waals surface area (Å²) in [5.74, 6) is 0.528. The van der Waals surface area contributed by atoms with Crippen LogP contribution in [0.15, 0.2) is 35.7 Å². The summed E-state index contributed by atoms with van der Waals surface area (Å²) in [7, 11) is 0. The van der Waals surface area contributed by atoms with Gasteiger partial charge >= 0.3 is 0 Å². The fourth-order valence-corrected chi connectivity index (χ4v) is 3.47. The lowest BCUT2D eigenvalue weighted by Crippen LogP contribution is -2.31. The minimum atomic E-state index is -0.0619. The Morgan fingerprint density at radius 1 is 1.13 bits per heavy atom. The maximum atomic E-state index is 11.6. The molecule has 0 unspecified atom stereocenters. The van der Waals surface area contributed by atoms with Crippen LogP contribution in [0.4, 0.5) is 0 Å². The Labute approximate surface area is 139 Å². The molecule has 0 saturated carbocycles. The predicted molar refractivity (Wildman–Crippen MR) is 89.7 cm³/mol. The quantitative estimate of drug-likeness (QED) is 0.625. The van der Waals surface area contributed by atoms with E-state index in [4.69, 9.17) is 0 Å². The van der Waals surface area contributed by atoms with E-state index in [9.17, 15) is 9.59 Å². The van der Waals surface area contributed by atoms with Crippen molar-refractivity contribution >= 4 is 23.6 Å². The fraction of sp³-hybridized carbons (Fsp3) is 0.353. The van der Waals surface area contributed by atoms with Gasteiger partial charge in [-0.1, -0.05) is 17.8 Å². The summed E-state index contributed by atoms with van der Waals surface area (Å²) in [4.78, 5) is 29.0. The van der Waals surface area contributed by atoms with E-state index in [1.165, 1.54) is 16.0 Å². The summed E-state index contributed by atoms with van der Waals surface area (Å²) in [5, 5.41) is 0.868. The van der Waals surface area contributed by atoms with Crippen molar-refractivity contribution in [3.05, 3.63) is 41.7 Å². The topological polar surface area (TPSA) is 55.2 Å². The number of likely N-dealkylation sites (tertiary alicyclic amines) is 1. The molecule has 0 atom stereocenters. The van der Waals surface area contributed by atoms with Crippen LogP contribution >= 0.6 is 11.8 Å². The van der Waals surface area contributed by atoms with Crippen LogP contribution in [0, 0.1) is 13.8 Å². The number of hydrogen-bond acceptors (Lipinski definition) is 4. The van der Waals surface area contributed by atoms with E-state index in [0.29, 0.717) is 25.1 Å². The van der Waals surface area contributed by atoms with Crippen molar-refractivity contribution in [1.82, 2.24) is 14.5 Å². The van der Waals surface area contributed by atoms with E-state index in [1.54, 1.807) is 18.0 Å². The summed E-state index contributed by atoms with van der Waals surface area (Å²) in [6, 6.07) is 6.30. The van der Waals surface area contributed by atoms with Crippen molar-refractivity contribution in [2.24, 2.45) is 0 Å². The van der Waals surface area contributed by atoms with Gasteiger partial charge in [0.15, 0.2) is 5.16 Å². The van der Waals surface area contributed by atoms with E-state index in [1.807, 2.05) is 10.8 Å². The number of benzene rings is 1. The number of carbonyl (C=O) groups excluding carboxylic acids is 2. The lowest BCUT2D eigenvalue weighted by molar-refractivity contribution is -0.137. The first kappa shape index (κ1) is 15.8. The molecule has 0 N–H and O–H groups in total. The number of imide groups is 1. The van der Waals surface area contributed by atoms with Crippen LogP contribution in [-0.4, -0.2) is 38.6 Å². The van der Waals surface area contributed by atoms with Gasteiger partial charge in [-0.15, -0.1) is 0 Å². The van der Waals surface area contributed by atoms with Crippen molar-refractivity contribution in [2.75, 3.05) is 12.3 Å². The van der Waals surface area contributed by atoms with Crippen LogP contribution in [0.3, 0.4) is 0 Å². The van der Waals surface area contributed by atoms with Crippen molar-refractivity contribution in [2.45, 2.75) is 31.8 Å². The van der Waals surface area contributed by atoms with E-state index >= 15 is 0 Å². The molecule has 1 aliphatic rings. The number of nitrogens with zero attached hydrogens (tertiary/aromatic N) is 3. The second-order valence-electron chi connectivity index (χ2n) is 5.64. The molecule has 1 aromatic heterocycles. The normalized spacial score (nSPS) is 14.8. The zero-order chi connectivity index (χ0) is 16.4. The Morgan fingerprint density at radius 2 is 1.87 bits per heavy atom. The summed E-state index contributed by atoms with van der Waals surface area (Å²) in [6.45, 7) is 4.63. The molecule has 120 valence electrons. The van der Waals surface area contributed by atoms with Crippen LogP contribution in [0.5, 0.6) is 0 Å². The van der Waals surface area contributed by atoms with Crippen LogP contribution in [0.1, 0.15) is 24.0 Å². The summed E-state index contributed by atoms with van der Waals surface area (Å²) >= 11 is 1.56. The van der Waals surface area contributed by atoms with Gasteiger partial charge in [-0.3, -0.25) is 19.1 Å². The molecular formula is C17H19N3O2S.